The fourth-order valence-corrected chi connectivity index (χ4v) is 2.97. The first-order valence-corrected chi connectivity index (χ1v) is 7.89. The fraction of sp³-hybridized carbons (Fsp3) is 0.167. The molecule has 1 aliphatic heterocycles. The van der Waals surface area contributed by atoms with Crippen LogP contribution in [0.15, 0.2) is 36.7 Å². The standard InChI is InChI=1S/C18H16ClF2N3/c1-3-6-24-10(2)12(7-11-9-23-16(19)8-15(11)24)17-13(20)4-5-14(22)18(17)21/h4-5,7-9H,2-3,6,22H2,1H3. The third kappa shape index (κ3) is 2.65. The predicted octanol–water partition coefficient (Wildman–Crippen LogP) is 4.88. The van der Waals surface area contributed by atoms with Crippen LogP contribution in [0, 0.1) is 11.6 Å². The highest BCUT2D eigenvalue weighted by Gasteiger charge is 2.27. The van der Waals surface area contributed by atoms with Crippen molar-refractivity contribution < 1.29 is 8.78 Å². The Hall–Kier alpha value is -2.40. The minimum absolute atomic E-state index is 0.109. The Kier molecular flexibility index (Phi) is 4.28. The number of pyridine rings is 1. The molecule has 3 nitrogen and oxygen atoms in total. The van der Waals surface area contributed by atoms with Crippen LogP contribution in [0.3, 0.4) is 0 Å². The van der Waals surface area contributed by atoms with Gasteiger partial charge in [0.2, 0.25) is 0 Å². The lowest BCUT2D eigenvalue weighted by Gasteiger charge is -2.33. The lowest BCUT2D eigenvalue weighted by Crippen LogP contribution is -2.27. The summed E-state index contributed by atoms with van der Waals surface area (Å²) in [6.45, 7) is 6.68. The summed E-state index contributed by atoms with van der Waals surface area (Å²) in [7, 11) is 0. The van der Waals surface area contributed by atoms with E-state index in [-0.39, 0.29) is 11.3 Å². The van der Waals surface area contributed by atoms with Crippen LogP contribution in [0.2, 0.25) is 5.15 Å². The molecule has 0 unspecified atom stereocenters. The van der Waals surface area contributed by atoms with Crippen LogP contribution in [-0.2, 0) is 0 Å². The van der Waals surface area contributed by atoms with Crippen LogP contribution in [0.1, 0.15) is 24.5 Å². The average molecular weight is 348 g/mol. The van der Waals surface area contributed by atoms with Gasteiger partial charge in [-0.05, 0) is 30.7 Å². The van der Waals surface area contributed by atoms with Crippen molar-refractivity contribution in [2.75, 3.05) is 17.2 Å². The monoisotopic (exact) mass is 347 g/mol. The zero-order chi connectivity index (χ0) is 17.4. The summed E-state index contributed by atoms with van der Waals surface area (Å²) >= 11 is 5.99. The van der Waals surface area contributed by atoms with E-state index >= 15 is 0 Å². The molecule has 0 atom stereocenters. The second-order valence-electron chi connectivity index (χ2n) is 5.55. The molecule has 6 heteroatoms. The maximum atomic E-state index is 14.5. The highest BCUT2D eigenvalue weighted by molar-refractivity contribution is 6.29. The summed E-state index contributed by atoms with van der Waals surface area (Å²) in [5.41, 5.74) is 7.70. The van der Waals surface area contributed by atoms with E-state index in [2.05, 4.69) is 11.6 Å². The number of rotatable bonds is 3. The molecule has 0 spiro atoms. The maximum absolute atomic E-state index is 14.5. The number of anilines is 2. The van der Waals surface area contributed by atoms with Crippen molar-refractivity contribution in [3.05, 3.63) is 64.6 Å². The van der Waals surface area contributed by atoms with Gasteiger partial charge in [0.15, 0.2) is 5.82 Å². The molecule has 2 aromatic rings. The van der Waals surface area contributed by atoms with E-state index in [4.69, 9.17) is 17.3 Å². The molecule has 24 heavy (non-hydrogen) atoms. The third-order valence-electron chi connectivity index (χ3n) is 3.94. The van der Waals surface area contributed by atoms with Gasteiger partial charge in [-0.3, -0.25) is 0 Å². The predicted molar refractivity (Wildman–Crippen MR) is 94.7 cm³/mol. The highest BCUT2D eigenvalue weighted by Crippen LogP contribution is 2.41. The maximum Gasteiger partial charge on any atom is 0.156 e. The minimum Gasteiger partial charge on any atom is -0.396 e. The van der Waals surface area contributed by atoms with Crippen molar-refractivity contribution >= 4 is 34.6 Å². The van der Waals surface area contributed by atoms with Crippen molar-refractivity contribution in [1.29, 1.82) is 0 Å². The molecule has 0 saturated carbocycles. The molecule has 0 amide bonds. The zero-order valence-electron chi connectivity index (χ0n) is 13.1. The molecular formula is C18H16ClF2N3. The number of nitrogens with zero attached hydrogens (tertiary/aromatic N) is 2. The average Bonchev–Trinajstić information content (AvgIpc) is 2.55. The van der Waals surface area contributed by atoms with E-state index in [9.17, 15) is 8.78 Å². The van der Waals surface area contributed by atoms with Crippen LogP contribution in [0.5, 0.6) is 0 Å². The van der Waals surface area contributed by atoms with Crippen LogP contribution < -0.4 is 10.6 Å². The van der Waals surface area contributed by atoms with Gasteiger partial charge in [0.25, 0.3) is 0 Å². The molecule has 0 saturated heterocycles. The van der Waals surface area contributed by atoms with Crippen LogP contribution in [-0.4, -0.2) is 11.5 Å². The van der Waals surface area contributed by atoms with Crippen molar-refractivity contribution in [3.63, 3.8) is 0 Å². The fourth-order valence-electron chi connectivity index (χ4n) is 2.82. The van der Waals surface area contributed by atoms with Crippen LogP contribution >= 0.6 is 11.6 Å². The minimum atomic E-state index is -0.788. The number of allylic oxidation sites excluding steroid dienone is 1. The second-order valence-corrected chi connectivity index (χ2v) is 5.94. The number of halogens is 3. The molecule has 0 fully saturated rings. The molecule has 0 aliphatic carbocycles. The molecule has 1 aliphatic rings. The molecule has 0 bridgehead atoms. The van der Waals surface area contributed by atoms with Gasteiger partial charge >= 0.3 is 0 Å². The number of hydrogen-bond acceptors (Lipinski definition) is 3. The lowest BCUT2D eigenvalue weighted by molar-refractivity contribution is 0.580. The third-order valence-corrected chi connectivity index (χ3v) is 4.15. The van der Waals surface area contributed by atoms with Gasteiger partial charge in [-0.25, -0.2) is 13.8 Å². The summed E-state index contributed by atoms with van der Waals surface area (Å²) in [4.78, 5) is 5.94. The SMILES string of the molecule is C=C1C(c2c(F)ccc(N)c2F)=Cc2cnc(Cl)cc2N1CCC. The number of nitrogens with two attached hydrogens (primary N) is 1. The summed E-state index contributed by atoms with van der Waals surface area (Å²) in [5, 5.41) is 0.348. The Labute approximate surface area is 144 Å². The van der Waals surface area contributed by atoms with E-state index in [0.29, 0.717) is 23.0 Å². The number of benzene rings is 1. The van der Waals surface area contributed by atoms with E-state index in [1.807, 2.05) is 11.8 Å². The first kappa shape index (κ1) is 16.5. The largest absolute Gasteiger partial charge is 0.396 e. The number of hydrogen-bond donors (Lipinski definition) is 1. The van der Waals surface area contributed by atoms with Crippen molar-refractivity contribution in [1.82, 2.24) is 4.98 Å². The van der Waals surface area contributed by atoms with Crippen molar-refractivity contribution in [2.45, 2.75) is 13.3 Å². The Bertz CT molecular complexity index is 862. The van der Waals surface area contributed by atoms with Gasteiger partial charge in [-0.15, -0.1) is 0 Å². The number of nitrogen functional groups attached to an aromatic ring is 1. The van der Waals surface area contributed by atoms with Crippen molar-refractivity contribution in [3.8, 4) is 0 Å². The molecule has 124 valence electrons. The van der Waals surface area contributed by atoms with Gasteiger partial charge in [-0.2, -0.15) is 0 Å². The molecular weight excluding hydrogens is 332 g/mol. The van der Waals surface area contributed by atoms with Gasteiger partial charge in [0.05, 0.1) is 16.9 Å². The Balaban J connectivity index is 2.24. The molecule has 0 radical (unpaired) electrons. The van der Waals surface area contributed by atoms with E-state index in [0.717, 1.165) is 23.7 Å². The Morgan fingerprint density at radius 3 is 2.79 bits per heavy atom. The quantitative estimate of drug-likeness (QED) is 0.635. The summed E-state index contributed by atoms with van der Waals surface area (Å²) in [6.07, 6.45) is 4.07. The topological polar surface area (TPSA) is 42.1 Å². The number of fused-ring (bicyclic) bond motifs is 1. The molecule has 1 aromatic carbocycles. The van der Waals surface area contributed by atoms with E-state index < -0.39 is 11.6 Å². The van der Waals surface area contributed by atoms with Crippen LogP contribution in [0.25, 0.3) is 11.6 Å². The Morgan fingerprint density at radius 1 is 1.33 bits per heavy atom. The molecule has 1 aromatic heterocycles. The summed E-state index contributed by atoms with van der Waals surface area (Å²) in [5.74, 6) is -1.47. The molecule has 2 N–H and O–H groups in total. The van der Waals surface area contributed by atoms with Crippen molar-refractivity contribution in [2.24, 2.45) is 0 Å². The second kappa shape index (κ2) is 6.24. The Morgan fingerprint density at radius 2 is 2.08 bits per heavy atom. The first-order valence-electron chi connectivity index (χ1n) is 7.52. The normalized spacial score (nSPS) is 13.8. The lowest BCUT2D eigenvalue weighted by atomic mass is 9.94. The van der Waals surface area contributed by atoms with Gasteiger partial charge < -0.3 is 10.6 Å². The van der Waals surface area contributed by atoms with Gasteiger partial charge in [0.1, 0.15) is 11.0 Å². The van der Waals surface area contributed by atoms with E-state index in [1.54, 1.807) is 18.3 Å². The highest BCUT2D eigenvalue weighted by atomic mass is 35.5. The molecule has 3 rings (SSSR count). The van der Waals surface area contributed by atoms with E-state index in [1.165, 1.54) is 6.07 Å². The smallest absolute Gasteiger partial charge is 0.156 e. The van der Waals surface area contributed by atoms with Gasteiger partial charge in [0, 0.05) is 29.6 Å². The zero-order valence-corrected chi connectivity index (χ0v) is 13.9. The molecule has 2 heterocycles. The van der Waals surface area contributed by atoms with Crippen LogP contribution in [0.4, 0.5) is 20.2 Å². The number of aromatic nitrogens is 1. The summed E-state index contributed by atoms with van der Waals surface area (Å²) in [6, 6.07) is 4.08. The van der Waals surface area contributed by atoms with Gasteiger partial charge in [-0.1, -0.05) is 25.1 Å². The first-order chi connectivity index (χ1) is 11.4. The summed E-state index contributed by atoms with van der Waals surface area (Å²) < 4.78 is 28.8.